The second kappa shape index (κ2) is 25.6. The largest absolute Gasteiger partial charge is 0.473 e. The van der Waals surface area contributed by atoms with Crippen LogP contribution in [0.4, 0.5) is 0 Å². The Bertz CT molecular complexity index is 789. The van der Waals surface area contributed by atoms with Crippen molar-refractivity contribution in [3.63, 3.8) is 0 Å². The lowest BCUT2D eigenvalue weighted by Gasteiger charge is -2.26. The molecular formula is C36H66N4O6. The summed E-state index contributed by atoms with van der Waals surface area (Å²) in [6, 6.07) is 3.86. The van der Waals surface area contributed by atoms with Gasteiger partial charge in [0.1, 0.15) is 0 Å². The van der Waals surface area contributed by atoms with Gasteiger partial charge in [-0.25, -0.2) is 19.6 Å². The van der Waals surface area contributed by atoms with E-state index in [4.69, 9.17) is 39.3 Å². The van der Waals surface area contributed by atoms with Crippen molar-refractivity contribution in [2.24, 2.45) is 9.98 Å². The summed E-state index contributed by atoms with van der Waals surface area (Å²) in [6.45, 7) is 6.02. The first kappa shape index (κ1) is 39.7. The normalized spacial score (nSPS) is 20.7. The first-order valence-electron chi connectivity index (χ1n) is 18.8. The molecule has 4 fully saturated rings. The molecule has 0 aromatic carbocycles. The van der Waals surface area contributed by atoms with Crippen LogP contribution >= 0.6 is 0 Å². The number of carboxylic acid groups (broad SMARTS) is 2. The molecule has 0 aliphatic heterocycles. The van der Waals surface area contributed by atoms with Crippen LogP contribution in [-0.4, -0.2) is 71.6 Å². The van der Waals surface area contributed by atoms with Crippen molar-refractivity contribution >= 4 is 24.0 Å². The molecule has 0 heterocycles. The maximum absolute atomic E-state index is 9.10. The van der Waals surface area contributed by atoms with Crippen molar-refractivity contribution in [1.82, 2.24) is 10.6 Å². The molecule has 266 valence electrons. The van der Waals surface area contributed by atoms with Gasteiger partial charge in [0, 0.05) is 12.1 Å². The predicted molar refractivity (Wildman–Crippen MR) is 186 cm³/mol. The Balaban J connectivity index is 0.000000273. The van der Waals surface area contributed by atoms with E-state index >= 15 is 0 Å². The number of nitrogens with one attached hydrogen (secondary N) is 2. The quantitative estimate of drug-likeness (QED) is 0.0807. The number of hydrogen-bond acceptors (Lipinski definition) is 6. The Morgan fingerprint density at radius 1 is 0.543 bits per heavy atom. The van der Waals surface area contributed by atoms with Gasteiger partial charge in [-0.15, -0.1) is 0 Å². The van der Waals surface area contributed by atoms with Gasteiger partial charge in [0.25, 0.3) is 12.0 Å². The maximum Gasteiger partial charge on any atom is 0.414 e. The number of hydrogen-bond donors (Lipinski definition) is 4. The number of amidine groups is 2. The fourth-order valence-electron chi connectivity index (χ4n) is 6.45. The second-order valence-corrected chi connectivity index (χ2v) is 13.4. The molecule has 4 saturated carbocycles. The van der Waals surface area contributed by atoms with E-state index in [1.165, 1.54) is 141 Å². The van der Waals surface area contributed by atoms with Crippen LogP contribution in [0.1, 0.15) is 168 Å². The van der Waals surface area contributed by atoms with Crippen LogP contribution in [0.3, 0.4) is 0 Å². The smallest absolute Gasteiger partial charge is 0.414 e. The van der Waals surface area contributed by atoms with Gasteiger partial charge < -0.3 is 30.3 Å². The Hall–Kier alpha value is -2.52. The summed E-state index contributed by atoms with van der Waals surface area (Å²) in [5, 5.41) is 22.0. The zero-order valence-corrected chi connectivity index (χ0v) is 29.1. The zero-order valence-electron chi connectivity index (χ0n) is 29.1. The molecule has 0 bridgehead atoms. The number of carboxylic acids is 2. The summed E-state index contributed by atoms with van der Waals surface area (Å²) >= 11 is 0. The lowest BCUT2D eigenvalue weighted by Crippen LogP contribution is -2.38. The summed E-state index contributed by atoms with van der Waals surface area (Å²) in [4.78, 5) is 28.0. The number of aliphatic imine (C=N–C) groups is 2. The summed E-state index contributed by atoms with van der Waals surface area (Å²) in [5.74, 6) is -3.65. The Morgan fingerprint density at radius 2 is 0.848 bits per heavy atom. The van der Waals surface area contributed by atoms with Gasteiger partial charge in [0.05, 0.1) is 25.3 Å². The topological polar surface area (TPSA) is 142 Å². The molecule has 0 unspecified atom stereocenters. The third kappa shape index (κ3) is 19.2. The van der Waals surface area contributed by atoms with Crippen LogP contribution in [0.5, 0.6) is 0 Å². The van der Waals surface area contributed by atoms with E-state index in [-0.39, 0.29) is 0 Å². The SMILES string of the molecule is CCCCOC(=NC1CCCCC1)NC1CCCCC1.CCCCOC(=NC1CCCCC1)NC1CCCCC1.O=C(O)C(=O)O. The molecule has 4 rings (SSSR count). The van der Waals surface area contributed by atoms with Gasteiger partial charge >= 0.3 is 11.9 Å². The van der Waals surface area contributed by atoms with E-state index in [9.17, 15) is 0 Å². The van der Waals surface area contributed by atoms with Gasteiger partial charge in [-0.3, -0.25) is 0 Å². The van der Waals surface area contributed by atoms with Gasteiger partial charge in [0.2, 0.25) is 0 Å². The Kier molecular flexibility index (Phi) is 22.0. The summed E-state index contributed by atoms with van der Waals surface area (Å²) in [6.07, 6.45) is 31.0. The average molecular weight is 651 g/mol. The number of unbranched alkanes of at least 4 members (excludes halogenated alkanes) is 2. The van der Waals surface area contributed by atoms with Crippen LogP contribution in [-0.2, 0) is 19.1 Å². The number of rotatable bonds is 10. The van der Waals surface area contributed by atoms with Gasteiger partial charge in [0.15, 0.2) is 0 Å². The first-order chi connectivity index (χ1) is 22.4. The van der Waals surface area contributed by atoms with E-state index in [1.807, 2.05) is 0 Å². The molecule has 46 heavy (non-hydrogen) atoms. The summed E-state index contributed by atoms with van der Waals surface area (Å²) in [5.41, 5.74) is 0. The molecular weight excluding hydrogens is 584 g/mol. The molecule has 10 nitrogen and oxygen atoms in total. The second-order valence-electron chi connectivity index (χ2n) is 13.4. The molecule has 0 aromatic heterocycles. The van der Waals surface area contributed by atoms with Gasteiger partial charge in [-0.1, -0.05) is 104 Å². The summed E-state index contributed by atoms with van der Waals surface area (Å²) < 4.78 is 11.9. The van der Waals surface area contributed by atoms with E-state index in [0.29, 0.717) is 24.2 Å². The predicted octanol–water partition coefficient (Wildman–Crippen LogP) is 7.98. The Morgan fingerprint density at radius 3 is 1.13 bits per heavy atom. The van der Waals surface area contributed by atoms with E-state index in [2.05, 4.69) is 24.5 Å². The highest BCUT2D eigenvalue weighted by Crippen LogP contribution is 2.23. The average Bonchev–Trinajstić information content (AvgIpc) is 3.07. The highest BCUT2D eigenvalue weighted by Gasteiger charge is 2.20. The standard InChI is InChI=1S/2C17H32N2O.C2H2O4/c2*1-2-3-14-20-17(18-15-10-6-4-7-11-15)19-16-12-8-5-9-13-16;3-1(4)2(5)6/h2*15-16H,2-14H2,1H3,(H,18,19);(H,3,4)(H,5,6). The van der Waals surface area contributed by atoms with Crippen molar-refractivity contribution in [2.45, 2.75) is 192 Å². The minimum Gasteiger partial charge on any atom is -0.473 e. The van der Waals surface area contributed by atoms with Crippen LogP contribution in [0.25, 0.3) is 0 Å². The third-order valence-corrected chi connectivity index (χ3v) is 9.27. The number of aliphatic carboxylic acids is 2. The molecule has 0 radical (unpaired) electrons. The van der Waals surface area contributed by atoms with Crippen molar-refractivity contribution in [2.75, 3.05) is 13.2 Å². The third-order valence-electron chi connectivity index (χ3n) is 9.27. The highest BCUT2D eigenvalue weighted by molar-refractivity contribution is 6.27. The first-order valence-corrected chi connectivity index (χ1v) is 18.8. The number of ether oxygens (including phenoxy) is 2. The van der Waals surface area contributed by atoms with Crippen LogP contribution < -0.4 is 10.6 Å². The van der Waals surface area contributed by atoms with Crippen molar-refractivity contribution in [1.29, 1.82) is 0 Å². The number of nitrogens with zero attached hydrogens (tertiary/aromatic N) is 2. The highest BCUT2D eigenvalue weighted by atomic mass is 16.5. The number of carbonyl (C=O) groups is 2. The molecule has 4 N–H and O–H groups in total. The van der Waals surface area contributed by atoms with E-state index in [0.717, 1.165) is 38.1 Å². The van der Waals surface area contributed by atoms with E-state index in [1.54, 1.807) is 0 Å². The maximum atomic E-state index is 9.10. The molecule has 10 heteroatoms. The van der Waals surface area contributed by atoms with Crippen molar-refractivity contribution in [3.8, 4) is 0 Å². The fraction of sp³-hybridized carbons (Fsp3) is 0.889. The molecule has 4 aliphatic rings. The lowest BCUT2D eigenvalue weighted by atomic mass is 9.95. The van der Waals surface area contributed by atoms with Crippen LogP contribution in [0.2, 0.25) is 0 Å². The van der Waals surface area contributed by atoms with Crippen molar-refractivity contribution in [3.05, 3.63) is 0 Å². The van der Waals surface area contributed by atoms with E-state index < -0.39 is 11.9 Å². The molecule has 4 aliphatic carbocycles. The van der Waals surface area contributed by atoms with Crippen LogP contribution in [0, 0.1) is 0 Å². The summed E-state index contributed by atoms with van der Waals surface area (Å²) in [7, 11) is 0. The zero-order chi connectivity index (χ0) is 33.2. The molecule has 0 amide bonds. The van der Waals surface area contributed by atoms with Crippen molar-refractivity contribution < 1.29 is 29.3 Å². The van der Waals surface area contributed by atoms with Gasteiger partial charge in [-0.05, 0) is 64.2 Å². The molecule has 0 aromatic rings. The minimum atomic E-state index is -1.82. The molecule has 0 spiro atoms. The fourth-order valence-corrected chi connectivity index (χ4v) is 6.45. The van der Waals surface area contributed by atoms with Gasteiger partial charge in [-0.2, -0.15) is 0 Å². The lowest BCUT2D eigenvalue weighted by molar-refractivity contribution is -0.159. The van der Waals surface area contributed by atoms with Crippen LogP contribution in [0.15, 0.2) is 9.98 Å². The minimum absolute atomic E-state index is 0.497. The molecule has 0 saturated heterocycles. The molecule has 0 atom stereocenters. The monoisotopic (exact) mass is 650 g/mol. The Labute approximate surface area is 279 Å².